The molecule has 1 aromatic heterocycles. The van der Waals surface area contributed by atoms with E-state index in [9.17, 15) is 14.0 Å². The summed E-state index contributed by atoms with van der Waals surface area (Å²) in [6.45, 7) is 0.678. The lowest BCUT2D eigenvalue weighted by Gasteiger charge is -2.31. The summed E-state index contributed by atoms with van der Waals surface area (Å²) in [5, 5.41) is 5.59. The maximum Gasteiger partial charge on any atom is 0.223 e. The van der Waals surface area contributed by atoms with Crippen LogP contribution in [-0.4, -0.2) is 38.8 Å². The van der Waals surface area contributed by atoms with E-state index in [0.717, 1.165) is 19.3 Å². The summed E-state index contributed by atoms with van der Waals surface area (Å²) >= 11 is 0. The highest BCUT2D eigenvalue weighted by atomic mass is 19.1. The van der Waals surface area contributed by atoms with Gasteiger partial charge in [-0.2, -0.15) is 0 Å². The summed E-state index contributed by atoms with van der Waals surface area (Å²) in [4.78, 5) is 35.5. The van der Waals surface area contributed by atoms with E-state index in [1.54, 1.807) is 6.07 Å². The van der Waals surface area contributed by atoms with Crippen LogP contribution in [0.25, 0.3) is 21.8 Å². The molecule has 0 bridgehead atoms. The number of imidazole rings is 1. The van der Waals surface area contributed by atoms with Gasteiger partial charge >= 0.3 is 0 Å². The van der Waals surface area contributed by atoms with Crippen LogP contribution in [0, 0.1) is 5.82 Å². The minimum Gasteiger partial charge on any atom is -0.350 e. The van der Waals surface area contributed by atoms with E-state index in [0.29, 0.717) is 49.1 Å². The lowest BCUT2D eigenvalue weighted by atomic mass is 9.83. The number of fused-ring (bicyclic) bond motifs is 2. The number of aromatic nitrogens is 2. The summed E-state index contributed by atoms with van der Waals surface area (Å²) in [6, 6.07) is 18.9. The molecular formula is C29H29FN4O2. The molecule has 2 amide bonds. The second-order valence-corrected chi connectivity index (χ2v) is 10.2. The van der Waals surface area contributed by atoms with Gasteiger partial charge in [0.1, 0.15) is 11.6 Å². The zero-order chi connectivity index (χ0) is 24.7. The van der Waals surface area contributed by atoms with Crippen LogP contribution in [0.3, 0.4) is 0 Å². The normalized spacial score (nSPS) is 22.0. The van der Waals surface area contributed by atoms with Gasteiger partial charge < -0.3 is 15.2 Å². The van der Waals surface area contributed by atoms with Gasteiger partial charge in [-0.1, -0.05) is 42.5 Å². The summed E-state index contributed by atoms with van der Waals surface area (Å²) in [5.74, 6) is 0.520. The highest BCUT2D eigenvalue weighted by Gasteiger charge is 2.40. The molecular weight excluding hydrogens is 455 g/mol. The first-order valence-electron chi connectivity index (χ1n) is 12.7. The molecule has 6 rings (SSSR count). The fraction of sp³-hybridized carbons (Fsp3) is 0.345. The Morgan fingerprint density at radius 1 is 1.14 bits per heavy atom. The van der Waals surface area contributed by atoms with Crippen LogP contribution >= 0.6 is 0 Å². The van der Waals surface area contributed by atoms with Crippen LogP contribution in [0.15, 0.2) is 60.7 Å². The number of carbonyl (C=O) groups is 2. The molecule has 0 saturated carbocycles. The smallest absolute Gasteiger partial charge is 0.223 e. The van der Waals surface area contributed by atoms with Crippen molar-refractivity contribution < 1.29 is 14.0 Å². The third-order valence-corrected chi connectivity index (χ3v) is 7.81. The van der Waals surface area contributed by atoms with Gasteiger partial charge in [-0.25, -0.2) is 9.37 Å². The third-order valence-electron chi connectivity index (χ3n) is 7.81. The largest absolute Gasteiger partial charge is 0.350 e. The van der Waals surface area contributed by atoms with Crippen molar-refractivity contribution in [2.45, 2.75) is 56.5 Å². The van der Waals surface area contributed by atoms with Crippen molar-refractivity contribution in [3.05, 3.63) is 77.9 Å². The number of carbonyl (C=O) groups excluding carboxylic acids is 2. The SMILES string of the molecule is O=C1CC[C@](CCC(=O)N2CCC[C@H]2c2nc3ccc(F)cc3[nH]2)(Cc2cccc3ccccc23)N1. The van der Waals surface area contributed by atoms with E-state index in [2.05, 4.69) is 45.6 Å². The number of hydrogen-bond donors (Lipinski definition) is 2. The number of H-pyrrole nitrogens is 1. The van der Waals surface area contributed by atoms with Crippen molar-refractivity contribution in [3.8, 4) is 0 Å². The zero-order valence-corrected chi connectivity index (χ0v) is 20.1. The summed E-state index contributed by atoms with van der Waals surface area (Å²) < 4.78 is 13.6. The average molecular weight is 485 g/mol. The molecule has 0 aliphatic carbocycles. The van der Waals surface area contributed by atoms with Crippen LogP contribution in [-0.2, 0) is 16.0 Å². The van der Waals surface area contributed by atoms with E-state index < -0.39 is 5.54 Å². The Bertz CT molecular complexity index is 1460. The number of aromatic amines is 1. The van der Waals surface area contributed by atoms with E-state index in [-0.39, 0.29) is 23.7 Å². The fourth-order valence-electron chi connectivity index (χ4n) is 5.99. The van der Waals surface area contributed by atoms with Crippen molar-refractivity contribution in [2.24, 2.45) is 0 Å². The van der Waals surface area contributed by atoms with Crippen molar-refractivity contribution in [2.75, 3.05) is 6.54 Å². The quantitative estimate of drug-likeness (QED) is 0.395. The first kappa shape index (κ1) is 22.7. The van der Waals surface area contributed by atoms with Gasteiger partial charge in [0.15, 0.2) is 0 Å². The summed E-state index contributed by atoms with van der Waals surface area (Å²) in [5.41, 5.74) is 2.11. The second-order valence-electron chi connectivity index (χ2n) is 10.2. The Kier molecular flexibility index (Phi) is 5.70. The standard InChI is InChI=1S/C29H29FN4O2/c30-21-10-11-23-24(17-21)32-28(31-23)25-9-4-16-34(25)27(36)13-15-29(14-12-26(35)33-29)18-20-7-3-6-19-5-1-2-8-22(19)20/h1-3,5-8,10-11,17,25H,4,9,12-16,18H2,(H,31,32)(H,33,35)/t25-,29-/m0/s1. The lowest BCUT2D eigenvalue weighted by molar-refractivity contribution is -0.133. The zero-order valence-electron chi connectivity index (χ0n) is 20.1. The highest BCUT2D eigenvalue weighted by molar-refractivity contribution is 5.86. The van der Waals surface area contributed by atoms with E-state index in [1.165, 1.54) is 28.5 Å². The molecule has 184 valence electrons. The van der Waals surface area contributed by atoms with Crippen LogP contribution in [0.4, 0.5) is 4.39 Å². The van der Waals surface area contributed by atoms with Gasteiger partial charge in [0.2, 0.25) is 11.8 Å². The van der Waals surface area contributed by atoms with E-state index in [4.69, 9.17) is 0 Å². The lowest BCUT2D eigenvalue weighted by Crippen LogP contribution is -2.45. The molecule has 7 heteroatoms. The Morgan fingerprint density at radius 2 is 2.00 bits per heavy atom. The monoisotopic (exact) mass is 484 g/mol. The minimum atomic E-state index is -0.428. The maximum absolute atomic E-state index is 13.6. The topological polar surface area (TPSA) is 78.1 Å². The minimum absolute atomic E-state index is 0.0521. The van der Waals surface area contributed by atoms with Crippen molar-refractivity contribution >= 4 is 33.6 Å². The third kappa shape index (κ3) is 4.23. The van der Waals surface area contributed by atoms with Crippen LogP contribution in [0.1, 0.15) is 56.0 Å². The van der Waals surface area contributed by atoms with Crippen LogP contribution in [0.2, 0.25) is 0 Å². The molecule has 0 spiro atoms. The number of rotatable bonds is 6. The van der Waals surface area contributed by atoms with Crippen molar-refractivity contribution in [1.29, 1.82) is 0 Å². The molecule has 0 unspecified atom stereocenters. The van der Waals surface area contributed by atoms with Gasteiger partial charge in [0.25, 0.3) is 0 Å². The molecule has 0 radical (unpaired) electrons. The van der Waals surface area contributed by atoms with Gasteiger partial charge in [-0.15, -0.1) is 0 Å². The number of nitrogens with one attached hydrogen (secondary N) is 2. The molecule has 3 heterocycles. The Morgan fingerprint density at radius 3 is 2.86 bits per heavy atom. The number of benzene rings is 3. The first-order chi connectivity index (χ1) is 17.5. The van der Waals surface area contributed by atoms with Crippen LogP contribution < -0.4 is 5.32 Å². The predicted octanol–water partition coefficient (Wildman–Crippen LogP) is 5.19. The van der Waals surface area contributed by atoms with E-state index >= 15 is 0 Å². The van der Waals surface area contributed by atoms with E-state index in [1.807, 2.05) is 17.0 Å². The molecule has 6 nitrogen and oxygen atoms in total. The maximum atomic E-state index is 13.6. The molecule has 2 aliphatic rings. The Labute approximate surface area is 208 Å². The number of amides is 2. The van der Waals surface area contributed by atoms with Gasteiger partial charge in [0, 0.05) is 24.9 Å². The number of halogens is 1. The first-order valence-corrected chi connectivity index (χ1v) is 12.7. The van der Waals surface area contributed by atoms with Gasteiger partial charge in [-0.05, 0) is 66.6 Å². The molecule has 36 heavy (non-hydrogen) atoms. The van der Waals surface area contributed by atoms with Crippen molar-refractivity contribution in [1.82, 2.24) is 20.2 Å². The molecule has 4 aromatic rings. The molecule has 3 aromatic carbocycles. The molecule has 2 saturated heterocycles. The Hall–Kier alpha value is -3.74. The molecule has 2 atom stereocenters. The van der Waals surface area contributed by atoms with Crippen molar-refractivity contribution in [3.63, 3.8) is 0 Å². The number of hydrogen-bond acceptors (Lipinski definition) is 3. The van der Waals surface area contributed by atoms with Crippen LogP contribution in [0.5, 0.6) is 0 Å². The summed E-state index contributed by atoms with van der Waals surface area (Å²) in [6.07, 6.45) is 4.59. The number of nitrogens with zero attached hydrogens (tertiary/aromatic N) is 2. The molecule has 2 fully saturated rings. The van der Waals surface area contributed by atoms with Gasteiger partial charge in [0.05, 0.1) is 17.1 Å². The average Bonchev–Trinajstić information content (AvgIpc) is 3.61. The highest BCUT2D eigenvalue weighted by Crippen LogP contribution is 2.35. The predicted molar refractivity (Wildman–Crippen MR) is 137 cm³/mol. The molecule has 2 N–H and O–H groups in total. The summed E-state index contributed by atoms with van der Waals surface area (Å²) in [7, 11) is 0. The fourth-order valence-corrected chi connectivity index (χ4v) is 5.99. The Balaban J connectivity index is 1.20. The van der Waals surface area contributed by atoms with Gasteiger partial charge in [-0.3, -0.25) is 9.59 Å². The molecule has 2 aliphatic heterocycles. The number of likely N-dealkylation sites (tertiary alicyclic amines) is 1. The second kappa shape index (κ2) is 9.04.